The molecule has 8 nitrogen and oxygen atoms in total. The van der Waals surface area contributed by atoms with Crippen LogP contribution in [0.1, 0.15) is 22.9 Å². The highest BCUT2D eigenvalue weighted by Gasteiger charge is 2.25. The van der Waals surface area contributed by atoms with Gasteiger partial charge in [-0.3, -0.25) is 14.7 Å². The summed E-state index contributed by atoms with van der Waals surface area (Å²) in [5.74, 6) is 1.69. The fourth-order valence-corrected chi connectivity index (χ4v) is 3.51. The molecular weight excluding hydrogens is 519 g/mol. The van der Waals surface area contributed by atoms with Crippen molar-refractivity contribution in [2.45, 2.75) is 19.3 Å². The van der Waals surface area contributed by atoms with Gasteiger partial charge in [-0.2, -0.15) is 5.10 Å². The summed E-state index contributed by atoms with van der Waals surface area (Å²) in [5.41, 5.74) is 3.15. The molecule has 0 saturated carbocycles. The first-order valence-electron chi connectivity index (χ1n) is 10.4. The predicted molar refractivity (Wildman–Crippen MR) is 134 cm³/mol. The van der Waals surface area contributed by atoms with Crippen LogP contribution in [-0.4, -0.2) is 52.4 Å². The Hall–Kier alpha value is -2.66. The number of hydrogen-bond acceptors (Lipinski definition) is 5. The van der Waals surface area contributed by atoms with E-state index in [1.807, 2.05) is 56.8 Å². The summed E-state index contributed by atoms with van der Waals surface area (Å²) in [6.45, 7) is 3.34. The van der Waals surface area contributed by atoms with Crippen molar-refractivity contribution < 1.29 is 9.47 Å². The van der Waals surface area contributed by atoms with Crippen molar-refractivity contribution in [3.63, 3.8) is 0 Å². The highest BCUT2D eigenvalue weighted by atomic mass is 127. The largest absolute Gasteiger partial charge is 0.487 e. The molecule has 1 atom stereocenters. The number of aromatic nitrogens is 3. The van der Waals surface area contributed by atoms with E-state index in [-0.39, 0.29) is 30.1 Å². The van der Waals surface area contributed by atoms with Crippen molar-refractivity contribution in [1.29, 1.82) is 0 Å². The van der Waals surface area contributed by atoms with E-state index in [0.717, 1.165) is 41.6 Å². The highest BCUT2D eigenvalue weighted by molar-refractivity contribution is 14.0. The van der Waals surface area contributed by atoms with Crippen molar-refractivity contribution >= 4 is 29.9 Å². The predicted octanol–water partition coefficient (Wildman–Crippen LogP) is 3.16. The Balaban J connectivity index is 0.00000289. The summed E-state index contributed by atoms with van der Waals surface area (Å²) in [5, 5.41) is 7.71. The molecule has 1 fully saturated rings. The molecule has 1 saturated heterocycles. The molecular formula is C23H29IN6O2. The fourth-order valence-electron chi connectivity index (χ4n) is 3.51. The lowest BCUT2D eigenvalue weighted by Gasteiger charge is -2.34. The molecule has 0 bridgehead atoms. The van der Waals surface area contributed by atoms with Crippen LogP contribution in [0.3, 0.4) is 0 Å². The summed E-state index contributed by atoms with van der Waals surface area (Å²) in [7, 11) is 3.73. The van der Waals surface area contributed by atoms with Gasteiger partial charge in [0.25, 0.3) is 0 Å². The monoisotopic (exact) mass is 548 g/mol. The van der Waals surface area contributed by atoms with Gasteiger partial charge in [0.15, 0.2) is 5.96 Å². The van der Waals surface area contributed by atoms with Gasteiger partial charge in [-0.05, 0) is 29.8 Å². The topological polar surface area (TPSA) is 76.8 Å². The van der Waals surface area contributed by atoms with Crippen molar-refractivity contribution in [3.05, 3.63) is 77.9 Å². The number of hydrogen-bond donors (Lipinski definition) is 1. The molecule has 0 aliphatic carbocycles. The van der Waals surface area contributed by atoms with Crippen molar-refractivity contribution in [1.82, 2.24) is 25.0 Å². The van der Waals surface area contributed by atoms with Gasteiger partial charge >= 0.3 is 0 Å². The summed E-state index contributed by atoms with van der Waals surface area (Å²) in [4.78, 5) is 11.0. The third-order valence-electron chi connectivity index (χ3n) is 5.16. The maximum absolute atomic E-state index is 5.94. The van der Waals surface area contributed by atoms with Gasteiger partial charge < -0.3 is 19.7 Å². The maximum atomic E-state index is 5.94. The molecule has 1 aliphatic rings. The molecule has 4 rings (SSSR count). The van der Waals surface area contributed by atoms with Gasteiger partial charge in [0, 0.05) is 45.1 Å². The summed E-state index contributed by atoms with van der Waals surface area (Å²) >= 11 is 0. The molecule has 0 spiro atoms. The van der Waals surface area contributed by atoms with Crippen LogP contribution in [0.2, 0.25) is 0 Å². The second-order valence-electron chi connectivity index (χ2n) is 7.41. The maximum Gasteiger partial charge on any atom is 0.194 e. The van der Waals surface area contributed by atoms with Crippen LogP contribution in [0.15, 0.2) is 66.0 Å². The zero-order valence-electron chi connectivity index (χ0n) is 18.3. The minimum atomic E-state index is -0.00321. The number of rotatable bonds is 6. The Bertz CT molecular complexity index is 993. The lowest BCUT2D eigenvalue weighted by Crippen LogP contribution is -2.47. The van der Waals surface area contributed by atoms with Crippen LogP contribution < -0.4 is 10.1 Å². The molecule has 1 aliphatic heterocycles. The summed E-state index contributed by atoms with van der Waals surface area (Å²) < 4.78 is 13.5. The number of aliphatic imine (C=N–C) groups is 1. The van der Waals surface area contributed by atoms with Gasteiger partial charge in [-0.1, -0.05) is 18.2 Å². The van der Waals surface area contributed by atoms with Gasteiger partial charge in [-0.15, -0.1) is 24.0 Å². The number of nitrogens with zero attached hydrogens (tertiary/aromatic N) is 5. The highest BCUT2D eigenvalue weighted by Crippen LogP contribution is 2.21. The Morgan fingerprint density at radius 1 is 1.25 bits per heavy atom. The number of morpholine rings is 1. The molecule has 32 heavy (non-hydrogen) atoms. The molecule has 3 heterocycles. The van der Waals surface area contributed by atoms with Gasteiger partial charge in [0.05, 0.1) is 25.0 Å². The first-order chi connectivity index (χ1) is 15.2. The number of ether oxygens (including phenoxy) is 2. The van der Waals surface area contributed by atoms with Crippen molar-refractivity contribution in [3.8, 4) is 5.75 Å². The SMILES string of the molecule is CN=C(NCc1ccc(OCc2ccccn2)cc1)N1CCOC(c2cnn(C)c2)C1.I. The smallest absolute Gasteiger partial charge is 0.194 e. The Kier molecular flexibility index (Phi) is 8.86. The quantitative estimate of drug-likeness (QED) is 0.290. The first kappa shape index (κ1) is 24.0. The minimum absolute atomic E-state index is 0. The Morgan fingerprint density at radius 2 is 2.09 bits per heavy atom. The standard InChI is InChI=1S/C23H28N6O2.HI/c1-24-23(29-11-12-30-22(16-29)19-14-27-28(2)15-19)26-13-18-6-8-21(9-7-18)31-17-20-5-3-4-10-25-20;/h3-10,14-15,22H,11-13,16-17H2,1-2H3,(H,24,26);1H. The van der Waals surface area contributed by atoms with E-state index in [9.17, 15) is 0 Å². The number of aryl methyl sites for hydroxylation is 1. The number of guanidine groups is 1. The lowest BCUT2D eigenvalue weighted by molar-refractivity contribution is -0.00805. The fraction of sp³-hybridized carbons (Fsp3) is 0.348. The minimum Gasteiger partial charge on any atom is -0.487 e. The van der Waals surface area contributed by atoms with E-state index in [1.165, 1.54) is 0 Å². The average Bonchev–Trinajstić information content (AvgIpc) is 3.26. The second-order valence-corrected chi connectivity index (χ2v) is 7.41. The molecule has 1 aromatic carbocycles. The number of pyridine rings is 1. The van der Waals surface area contributed by atoms with Crippen molar-refractivity contribution in [2.75, 3.05) is 26.7 Å². The van der Waals surface area contributed by atoms with E-state index < -0.39 is 0 Å². The Labute approximate surface area is 205 Å². The molecule has 1 unspecified atom stereocenters. The molecule has 170 valence electrons. The van der Waals surface area contributed by atoms with E-state index >= 15 is 0 Å². The van der Waals surface area contributed by atoms with Crippen LogP contribution in [0.4, 0.5) is 0 Å². The normalized spacial score (nSPS) is 16.4. The van der Waals surface area contributed by atoms with E-state index in [4.69, 9.17) is 9.47 Å². The number of nitrogens with one attached hydrogen (secondary N) is 1. The number of halogens is 1. The molecule has 0 radical (unpaired) electrons. The average molecular weight is 548 g/mol. The van der Waals surface area contributed by atoms with E-state index in [0.29, 0.717) is 19.8 Å². The summed E-state index contributed by atoms with van der Waals surface area (Å²) in [6, 6.07) is 13.9. The van der Waals surface area contributed by atoms with Gasteiger partial charge in [0.2, 0.25) is 0 Å². The number of benzene rings is 1. The Morgan fingerprint density at radius 3 is 2.78 bits per heavy atom. The van der Waals surface area contributed by atoms with Gasteiger partial charge in [-0.25, -0.2) is 0 Å². The zero-order valence-corrected chi connectivity index (χ0v) is 20.7. The van der Waals surface area contributed by atoms with Crippen LogP contribution >= 0.6 is 24.0 Å². The van der Waals surface area contributed by atoms with Crippen LogP contribution in [-0.2, 0) is 24.9 Å². The zero-order chi connectivity index (χ0) is 21.5. The first-order valence-corrected chi connectivity index (χ1v) is 10.4. The van der Waals surface area contributed by atoms with E-state index in [1.54, 1.807) is 10.9 Å². The molecule has 0 amide bonds. The molecule has 2 aromatic heterocycles. The third-order valence-corrected chi connectivity index (χ3v) is 5.16. The third kappa shape index (κ3) is 6.42. The molecule has 3 aromatic rings. The van der Waals surface area contributed by atoms with Crippen LogP contribution in [0.25, 0.3) is 0 Å². The van der Waals surface area contributed by atoms with E-state index in [2.05, 4.69) is 37.4 Å². The second kappa shape index (κ2) is 11.8. The lowest BCUT2D eigenvalue weighted by atomic mass is 10.1. The molecule has 1 N–H and O–H groups in total. The van der Waals surface area contributed by atoms with Crippen LogP contribution in [0.5, 0.6) is 5.75 Å². The van der Waals surface area contributed by atoms with Crippen molar-refractivity contribution in [2.24, 2.45) is 12.0 Å². The van der Waals surface area contributed by atoms with Crippen LogP contribution in [0, 0.1) is 0 Å². The summed E-state index contributed by atoms with van der Waals surface area (Å²) in [6.07, 6.45) is 5.63. The molecule has 9 heteroatoms. The van der Waals surface area contributed by atoms with Gasteiger partial charge in [0.1, 0.15) is 18.5 Å².